The van der Waals surface area contributed by atoms with E-state index in [0.717, 1.165) is 33.0 Å². The number of imidazole rings is 2. The summed E-state index contributed by atoms with van der Waals surface area (Å²) in [7, 11) is 1.95. The van der Waals surface area contributed by atoms with Gasteiger partial charge in [0, 0.05) is 35.7 Å². The van der Waals surface area contributed by atoms with E-state index in [1.165, 1.54) is 0 Å². The Bertz CT molecular complexity index is 1010. The van der Waals surface area contributed by atoms with Crippen LogP contribution < -0.4 is 4.74 Å². The number of halogens is 1. The Morgan fingerprint density at radius 3 is 3.00 bits per heavy atom. The molecule has 7 heteroatoms. The van der Waals surface area contributed by atoms with Gasteiger partial charge in [0.15, 0.2) is 5.65 Å². The first-order valence-electron chi connectivity index (χ1n) is 7.40. The number of ether oxygens (including phenoxy) is 1. The molecule has 0 aliphatic rings. The zero-order valence-corrected chi connectivity index (χ0v) is 14.5. The number of aromatic nitrogens is 5. The Morgan fingerprint density at radius 2 is 2.17 bits per heavy atom. The number of nitrogens with zero attached hydrogens (tertiary/aromatic N) is 4. The second-order valence-electron chi connectivity index (χ2n) is 5.38. The van der Waals surface area contributed by atoms with E-state index in [9.17, 15) is 0 Å². The number of hydrogen-bond acceptors (Lipinski definition) is 4. The number of nitrogens with one attached hydrogen (secondary N) is 1. The quantitative estimate of drug-likeness (QED) is 0.583. The van der Waals surface area contributed by atoms with E-state index in [1.807, 2.05) is 48.1 Å². The number of hydrogen-bond donors (Lipinski definition) is 1. The van der Waals surface area contributed by atoms with Gasteiger partial charge in [-0.25, -0.2) is 15.0 Å². The molecule has 120 valence electrons. The van der Waals surface area contributed by atoms with E-state index < -0.39 is 0 Å². The summed E-state index contributed by atoms with van der Waals surface area (Å²) < 4.78 is 8.69. The molecule has 6 nitrogen and oxygen atoms in total. The zero-order chi connectivity index (χ0) is 16.5. The molecule has 0 unspecified atom stereocenters. The normalized spacial score (nSPS) is 11.1. The van der Waals surface area contributed by atoms with Gasteiger partial charge in [-0.15, -0.1) is 0 Å². The molecule has 3 heterocycles. The molecule has 0 aliphatic heterocycles. The molecule has 4 aromatic rings. The molecule has 0 radical (unpaired) electrons. The monoisotopic (exact) mass is 383 g/mol. The lowest BCUT2D eigenvalue weighted by Gasteiger charge is -2.07. The first kappa shape index (κ1) is 14.9. The third kappa shape index (κ3) is 2.90. The summed E-state index contributed by atoms with van der Waals surface area (Å²) in [6.07, 6.45) is 5.39. The zero-order valence-electron chi connectivity index (χ0n) is 12.9. The number of pyridine rings is 1. The highest BCUT2D eigenvalue weighted by molar-refractivity contribution is 9.10. The first-order valence-corrected chi connectivity index (χ1v) is 8.19. The number of rotatable bonds is 4. The van der Waals surface area contributed by atoms with Crippen molar-refractivity contribution in [3.8, 4) is 17.1 Å². The Hall–Kier alpha value is -2.67. The molecule has 0 fully saturated rings. The van der Waals surface area contributed by atoms with Gasteiger partial charge in [-0.05, 0) is 34.1 Å². The van der Waals surface area contributed by atoms with Crippen LogP contribution in [0.5, 0.6) is 5.75 Å². The number of fused-ring (bicyclic) bond motifs is 1. The molecule has 4 rings (SSSR count). The summed E-state index contributed by atoms with van der Waals surface area (Å²) >= 11 is 3.42. The van der Waals surface area contributed by atoms with Gasteiger partial charge >= 0.3 is 0 Å². The second-order valence-corrected chi connectivity index (χ2v) is 6.30. The number of H-pyrrole nitrogens is 1. The number of benzene rings is 1. The molecule has 0 bridgehead atoms. The third-order valence-corrected chi connectivity index (χ3v) is 4.13. The minimum Gasteiger partial charge on any atom is -0.486 e. The topological polar surface area (TPSA) is 68.6 Å². The van der Waals surface area contributed by atoms with Gasteiger partial charge in [-0.3, -0.25) is 0 Å². The van der Waals surface area contributed by atoms with Gasteiger partial charge in [0.25, 0.3) is 0 Å². The molecule has 0 saturated carbocycles. The second kappa shape index (κ2) is 6.09. The Morgan fingerprint density at radius 1 is 1.25 bits per heavy atom. The summed E-state index contributed by atoms with van der Waals surface area (Å²) in [5, 5.41) is 0. The van der Waals surface area contributed by atoms with Crippen molar-refractivity contribution in [2.24, 2.45) is 7.05 Å². The van der Waals surface area contributed by atoms with Crippen LogP contribution in [-0.4, -0.2) is 24.5 Å². The average Bonchev–Trinajstić information content (AvgIpc) is 3.19. The lowest BCUT2D eigenvalue weighted by molar-refractivity contribution is 0.292. The van der Waals surface area contributed by atoms with Crippen molar-refractivity contribution in [1.82, 2.24) is 24.5 Å². The fourth-order valence-electron chi connectivity index (χ4n) is 2.43. The predicted molar refractivity (Wildman–Crippen MR) is 94.6 cm³/mol. The molecule has 0 amide bonds. The standard InChI is InChI=1S/C17H14BrN5O/c1-23-6-5-19-15(23)10-24-13-4-2-3-11(7-13)16-21-14-8-12(18)9-20-17(14)22-16/h2-9H,10H2,1H3,(H,20,21,22). The van der Waals surface area contributed by atoms with Crippen molar-refractivity contribution in [1.29, 1.82) is 0 Å². The lowest BCUT2D eigenvalue weighted by Crippen LogP contribution is -2.02. The van der Waals surface area contributed by atoms with E-state index in [-0.39, 0.29) is 0 Å². The van der Waals surface area contributed by atoms with E-state index in [2.05, 4.69) is 35.9 Å². The molecule has 0 spiro atoms. The van der Waals surface area contributed by atoms with Gasteiger partial charge < -0.3 is 14.3 Å². The minimum atomic E-state index is 0.418. The minimum absolute atomic E-state index is 0.418. The van der Waals surface area contributed by atoms with Crippen LogP contribution in [0.3, 0.4) is 0 Å². The third-order valence-electron chi connectivity index (χ3n) is 3.70. The molecule has 1 aromatic carbocycles. The average molecular weight is 384 g/mol. The van der Waals surface area contributed by atoms with Crippen molar-refractivity contribution in [3.63, 3.8) is 0 Å². The maximum Gasteiger partial charge on any atom is 0.178 e. The predicted octanol–water partition coefficient (Wildman–Crippen LogP) is 3.70. The van der Waals surface area contributed by atoms with Crippen molar-refractivity contribution in [2.75, 3.05) is 0 Å². The Labute approximate surface area is 146 Å². The fraction of sp³-hybridized carbons (Fsp3) is 0.118. The van der Waals surface area contributed by atoms with Crippen molar-refractivity contribution >= 4 is 27.1 Å². The molecular weight excluding hydrogens is 370 g/mol. The van der Waals surface area contributed by atoms with E-state index in [1.54, 1.807) is 12.4 Å². The van der Waals surface area contributed by atoms with Gasteiger partial charge in [0.05, 0.1) is 5.52 Å². The van der Waals surface area contributed by atoms with Crippen LogP contribution in [0.25, 0.3) is 22.6 Å². The Kier molecular flexibility index (Phi) is 3.78. The molecule has 0 saturated heterocycles. The van der Waals surface area contributed by atoms with Crippen LogP contribution in [0.1, 0.15) is 5.82 Å². The molecule has 0 atom stereocenters. The van der Waals surface area contributed by atoms with Crippen molar-refractivity contribution in [2.45, 2.75) is 6.61 Å². The highest BCUT2D eigenvalue weighted by Crippen LogP contribution is 2.25. The van der Waals surface area contributed by atoms with Gasteiger partial charge in [-0.1, -0.05) is 12.1 Å². The highest BCUT2D eigenvalue weighted by Gasteiger charge is 2.08. The van der Waals surface area contributed by atoms with Crippen LogP contribution in [0.15, 0.2) is 53.4 Å². The summed E-state index contributed by atoms with van der Waals surface area (Å²) in [5.41, 5.74) is 2.52. The molecule has 1 N–H and O–H groups in total. The largest absolute Gasteiger partial charge is 0.486 e. The summed E-state index contributed by atoms with van der Waals surface area (Å²) in [4.78, 5) is 16.4. The highest BCUT2D eigenvalue weighted by atomic mass is 79.9. The van der Waals surface area contributed by atoms with E-state index >= 15 is 0 Å². The lowest BCUT2D eigenvalue weighted by atomic mass is 10.2. The van der Waals surface area contributed by atoms with Crippen molar-refractivity contribution in [3.05, 3.63) is 59.2 Å². The van der Waals surface area contributed by atoms with E-state index in [0.29, 0.717) is 12.3 Å². The molecular formula is C17H14BrN5O. The van der Waals surface area contributed by atoms with Crippen LogP contribution in [0, 0.1) is 0 Å². The smallest absolute Gasteiger partial charge is 0.178 e. The summed E-state index contributed by atoms with van der Waals surface area (Å²) in [6, 6.07) is 9.76. The Balaban J connectivity index is 1.60. The number of aromatic amines is 1. The van der Waals surface area contributed by atoms with E-state index in [4.69, 9.17) is 4.74 Å². The van der Waals surface area contributed by atoms with Crippen LogP contribution >= 0.6 is 15.9 Å². The summed E-state index contributed by atoms with van der Waals surface area (Å²) in [5.74, 6) is 2.40. The number of aryl methyl sites for hydroxylation is 1. The van der Waals surface area contributed by atoms with Gasteiger partial charge in [0.2, 0.25) is 0 Å². The summed E-state index contributed by atoms with van der Waals surface area (Å²) in [6.45, 7) is 0.418. The van der Waals surface area contributed by atoms with Gasteiger partial charge in [0.1, 0.15) is 24.0 Å². The van der Waals surface area contributed by atoms with Gasteiger partial charge in [-0.2, -0.15) is 0 Å². The van der Waals surface area contributed by atoms with Crippen LogP contribution in [0.4, 0.5) is 0 Å². The maximum atomic E-state index is 5.84. The maximum absolute atomic E-state index is 5.84. The van der Waals surface area contributed by atoms with Crippen molar-refractivity contribution < 1.29 is 4.74 Å². The first-order chi connectivity index (χ1) is 11.7. The van der Waals surface area contributed by atoms with Crippen LogP contribution in [0.2, 0.25) is 0 Å². The molecule has 3 aromatic heterocycles. The molecule has 0 aliphatic carbocycles. The van der Waals surface area contributed by atoms with Crippen LogP contribution in [-0.2, 0) is 13.7 Å². The fourth-order valence-corrected chi connectivity index (χ4v) is 2.76. The molecule has 24 heavy (non-hydrogen) atoms. The SMILES string of the molecule is Cn1ccnc1COc1cccc(-c2nc3ncc(Br)cc3[nH]2)c1.